The quantitative estimate of drug-likeness (QED) is 0.522. The zero-order valence-electron chi connectivity index (χ0n) is 18.0. The first-order valence-corrected chi connectivity index (χ1v) is 10.8. The van der Waals surface area contributed by atoms with Gasteiger partial charge in [-0.1, -0.05) is 31.2 Å². The van der Waals surface area contributed by atoms with Gasteiger partial charge in [0.25, 0.3) is 5.91 Å². The molecule has 5 rings (SSSR count). The average Bonchev–Trinajstić information content (AvgIpc) is 3.38. The first kappa shape index (κ1) is 20.3. The number of aryl methyl sites for hydroxylation is 3. The maximum atomic E-state index is 13.6. The Morgan fingerprint density at radius 3 is 2.84 bits per heavy atom. The minimum atomic E-state index is -0.841. The molecule has 9 heteroatoms. The van der Waals surface area contributed by atoms with E-state index < -0.39 is 6.17 Å². The number of hydrogen-bond acceptors (Lipinski definition) is 5. The van der Waals surface area contributed by atoms with Crippen molar-refractivity contribution in [1.82, 2.24) is 34.4 Å². The Balaban J connectivity index is 1.30. The number of carbonyl (C=O) groups excluding carboxylic acids is 1. The molecule has 1 aliphatic rings. The molecule has 0 bridgehead atoms. The lowest BCUT2D eigenvalue weighted by molar-refractivity contribution is 0.0944. The van der Waals surface area contributed by atoms with Gasteiger partial charge in [-0.05, 0) is 30.9 Å². The predicted octanol–water partition coefficient (Wildman–Crippen LogP) is 3.07. The summed E-state index contributed by atoms with van der Waals surface area (Å²) >= 11 is 0. The predicted molar refractivity (Wildman–Crippen MR) is 117 cm³/mol. The Morgan fingerprint density at radius 1 is 1.25 bits per heavy atom. The second-order valence-electron chi connectivity index (χ2n) is 8.11. The van der Waals surface area contributed by atoms with E-state index in [-0.39, 0.29) is 5.91 Å². The van der Waals surface area contributed by atoms with Crippen molar-refractivity contribution in [3.8, 4) is 11.4 Å². The van der Waals surface area contributed by atoms with E-state index in [4.69, 9.17) is 0 Å². The minimum Gasteiger partial charge on any atom is -0.347 e. The van der Waals surface area contributed by atoms with Gasteiger partial charge in [-0.15, -0.1) is 0 Å². The van der Waals surface area contributed by atoms with Crippen molar-refractivity contribution in [3.05, 3.63) is 65.0 Å². The fourth-order valence-electron chi connectivity index (χ4n) is 3.99. The number of fused-ring (bicyclic) bond motifs is 2. The lowest BCUT2D eigenvalue weighted by Gasteiger charge is -2.14. The fraction of sp³-hybridized carbons (Fsp3) is 0.348. The molecule has 0 saturated carbocycles. The first-order chi connectivity index (χ1) is 15.5. The first-order valence-electron chi connectivity index (χ1n) is 10.8. The van der Waals surface area contributed by atoms with Gasteiger partial charge in [-0.3, -0.25) is 9.20 Å². The molecule has 0 fully saturated rings. The SMILES string of the molecule is CCc1nc2ncc(C)cn2c1C(=O)NCc1ccc(-c2nc3n(n2)CCC(F)C3)cc1. The van der Waals surface area contributed by atoms with Crippen molar-refractivity contribution in [1.29, 1.82) is 0 Å². The summed E-state index contributed by atoms with van der Waals surface area (Å²) in [5.74, 6) is 1.64. The zero-order valence-corrected chi connectivity index (χ0v) is 18.0. The third-order valence-corrected chi connectivity index (χ3v) is 5.70. The van der Waals surface area contributed by atoms with E-state index in [1.54, 1.807) is 15.3 Å². The monoisotopic (exact) mass is 433 g/mol. The van der Waals surface area contributed by atoms with Gasteiger partial charge in [-0.25, -0.2) is 24.0 Å². The highest BCUT2D eigenvalue weighted by molar-refractivity contribution is 5.94. The summed E-state index contributed by atoms with van der Waals surface area (Å²) in [6.07, 6.45) is 4.22. The van der Waals surface area contributed by atoms with Crippen molar-refractivity contribution < 1.29 is 9.18 Å². The van der Waals surface area contributed by atoms with Gasteiger partial charge in [0.15, 0.2) is 5.82 Å². The molecule has 164 valence electrons. The van der Waals surface area contributed by atoms with Gasteiger partial charge in [-0.2, -0.15) is 5.10 Å². The number of amides is 1. The van der Waals surface area contributed by atoms with E-state index >= 15 is 0 Å². The van der Waals surface area contributed by atoms with Gasteiger partial charge in [0.05, 0.1) is 5.69 Å². The Hall–Kier alpha value is -3.62. The number of aromatic nitrogens is 6. The summed E-state index contributed by atoms with van der Waals surface area (Å²) in [5, 5.41) is 7.49. The molecule has 1 amide bonds. The summed E-state index contributed by atoms with van der Waals surface area (Å²) in [6.45, 7) is 4.85. The van der Waals surface area contributed by atoms with Crippen molar-refractivity contribution in [2.75, 3.05) is 0 Å². The Kier molecular flexibility index (Phi) is 5.16. The lowest BCUT2D eigenvalue weighted by atomic mass is 10.1. The van der Waals surface area contributed by atoms with Crippen LogP contribution in [0.2, 0.25) is 0 Å². The second kappa shape index (κ2) is 8.14. The van der Waals surface area contributed by atoms with Crippen LogP contribution in [0.3, 0.4) is 0 Å². The van der Waals surface area contributed by atoms with E-state index in [9.17, 15) is 9.18 Å². The standard InChI is InChI=1S/C23H24FN7O/c1-3-18-20(30-13-14(2)11-26-23(30)27-18)22(32)25-12-15-4-6-16(7-5-15)21-28-19-10-17(24)8-9-31(19)29-21/h4-7,11,13,17H,3,8-10,12H2,1-2H3,(H,25,32). The molecule has 32 heavy (non-hydrogen) atoms. The van der Waals surface area contributed by atoms with Gasteiger partial charge >= 0.3 is 0 Å². The maximum absolute atomic E-state index is 13.6. The number of imidazole rings is 1. The van der Waals surface area contributed by atoms with Crippen LogP contribution in [0.1, 0.15) is 46.5 Å². The summed E-state index contributed by atoms with van der Waals surface area (Å²) in [6, 6.07) is 7.73. The smallest absolute Gasteiger partial charge is 0.270 e. The molecule has 1 atom stereocenters. The molecule has 1 aromatic carbocycles. The Labute approximate surface area is 184 Å². The summed E-state index contributed by atoms with van der Waals surface area (Å²) in [5.41, 5.74) is 4.03. The van der Waals surface area contributed by atoms with Crippen LogP contribution in [-0.2, 0) is 25.9 Å². The average molecular weight is 433 g/mol. The molecule has 0 aliphatic carbocycles. The number of carbonyl (C=O) groups is 1. The molecule has 1 N–H and O–H groups in total. The van der Waals surface area contributed by atoms with E-state index in [0.29, 0.717) is 55.5 Å². The molecular weight excluding hydrogens is 409 g/mol. The van der Waals surface area contributed by atoms with Crippen LogP contribution < -0.4 is 5.32 Å². The molecular formula is C23H24FN7O. The highest BCUT2D eigenvalue weighted by Gasteiger charge is 2.22. The van der Waals surface area contributed by atoms with Crippen LogP contribution in [0, 0.1) is 6.92 Å². The number of halogens is 1. The van der Waals surface area contributed by atoms with Crippen LogP contribution in [0.15, 0.2) is 36.7 Å². The second-order valence-corrected chi connectivity index (χ2v) is 8.11. The molecule has 8 nitrogen and oxygen atoms in total. The van der Waals surface area contributed by atoms with Gasteiger partial charge < -0.3 is 5.32 Å². The summed E-state index contributed by atoms with van der Waals surface area (Å²) in [7, 11) is 0. The summed E-state index contributed by atoms with van der Waals surface area (Å²) in [4.78, 5) is 26.2. The highest BCUT2D eigenvalue weighted by Crippen LogP contribution is 2.21. The molecule has 1 unspecified atom stereocenters. The fourth-order valence-corrected chi connectivity index (χ4v) is 3.99. The Bertz CT molecular complexity index is 1290. The molecule has 0 spiro atoms. The zero-order chi connectivity index (χ0) is 22.2. The highest BCUT2D eigenvalue weighted by atomic mass is 19.1. The molecule has 1 aliphatic heterocycles. The van der Waals surface area contributed by atoms with E-state index in [0.717, 1.165) is 22.4 Å². The van der Waals surface area contributed by atoms with Gasteiger partial charge in [0.1, 0.15) is 17.7 Å². The summed E-state index contributed by atoms with van der Waals surface area (Å²) < 4.78 is 17.1. The van der Waals surface area contributed by atoms with Crippen molar-refractivity contribution in [2.24, 2.45) is 0 Å². The van der Waals surface area contributed by atoms with Crippen LogP contribution in [0.25, 0.3) is 17.2 Å². The molecule has 4 aromatic rings. The van der Waals surface area contributed by atoms with Crippen molar-refractivity contribution in [2.45, 2.75) is 52.4 Å². The van der Waals surface area contributed by atoms with E-state index in [1.165, 1.54) is 0 Å². The number of nitrogens with one attached hydrogen (secondary N) is 1. The number of hydrogen-bond donors (Lipinski definition) is 1. The van der Waals surface area contributed by atoms with Gasteiger partial charge in [0, 0.05) is 37.5 Å². The molecule has 0 saturated heterocycles. The van der Waals surface area contributed by atoms with Gasteiger partial charge in [0.2, 0.25) is 5.78 Å². The number of rotatable bonds is 5. The van der Waals surface area contributed by atoms with E-state index in [1.807, 2.05) is 44.3 Å². The third-order valence-electron chi connectivity index (χ3n) is 5.70. The Morgan fingerprint density at radius 2 is 2.06 bits per heavy atom. The van der Waals surface area contributed by atoms with Crippen LogP contribution >= 0.6 is 0 Å². The molecule has 0 radical (unpaired) electrons. The molecule has 4 heterocycles. The molecule has 3 aromatic heterocycles. The maximum Gasteiger partial charge on any atom is 0.270 e. The topological polar surface area (TPSA) is 90.0 Å². The minimum absolute atomic E-state index is 0.185. The van der Waals surface area contributed by atoms with Crippen LogP contribution in [0.5, 0.6) is 0 Å². The lowest BCUT2D eigenvalue weighted by Crippen LogP contribution is -2.25. The number of nitrogens with zero attached hydrogens (tertiary/aromatic N) is 6. The normalized spacial score (nSPS) is 15.7. The van der Waals surface area contributed by atoms with Crippen molar-refractivity contribution >= 4 is 11.7 Å². The van der Waals surface area contributed by atoms with Crippen molar-refractivity contribution in [3.63, 3.8) is 0 Å². The number of alkyl halides is 1. The number of benzene rings is 1. The van der Waals surface area contributed by atoms with Crippen LogP contribution in [0.4, 0.5) is 4.39 Å². The largest absolute Gasteiger partial charge is 0.347 e. The van der Waals surface area contributed by atoms with E-state index in [2.05, 4.69) is 25.4 Å². The van der Waals surface area contributed by atoms with Crippen LogP contribution in [-0.4, -0.2) is 41.2 Å². The third kappa shape index (κ3) is 3.74.